The first-order valence-corrected chi connectivity index (χ1v) is 8.33. The molecule has 3 aromatic carbocycles. The normalized spacial score (nSPS) is 10.5. The van der Waals surface area contributed by atoms with Gasteiger partial charge in [-0.15, -0.1) is 0 Å². The number of hydrogen-bond acceptors (Lipinski definition) is 3. The Morgan fingerprint density at radius 1 is 0.962 bits per heavy atom. The maximum absolute atomic E-state index is 11.5. The molecule has 0 aliphatic carbocycles. The zero-order valence-corrected chi connectivity index (χ0v) is 14.3. The molecule has 0 fully saturated rings. The van der Waals surface area contributed by atoms with E-state index in [1.807, 2.05) is 59.9 Å². The Morgan fingerprint density at radius 2 is 1.69 bits per heavy atom. The summed E-state index contributed by atoms with van der Waals surface area (Å²) >= 11 is 0. The monoisotopic (exact) mass is 349 g/mol. The van der Waals surface area contributed by atoms with Crippen LogP contribution in [0, 0.1) is 0 Å². The number of benzene rings is 3. The number of nitrogens with two attached hydrogens (primary N) is 2. The van der Waals surface area contributed by atoms with Crippen LogP contribution in [0.25, 0.3) is 0 Å². The van der Waals surface area contributed by atoms with Crippen LogP contribution in [0.2, 0.25) is 0 Å². The van der Waals surface area contributed by atoms with E-state index in [4.69, 9.17) is 10.5 Å². The summed E-state index contributed by atoms with van der Waals surface area (Å²) in [5.74, 6) is 0.271. The number of quaternary nitrogens is 1. The highest BCUT2D eigenvalue weighted by atomic mass is 16.5. The summed E-state index contributed by atoms with van der Waals surface area (Å²) in [6, 6.07) is 22.4. The molecule has 0 bridgehead atoms. The van der Waals surface area contributed by atoms with Crippen molar-refractivity contribution in [3.63, 3.8) is 0 Å². The van der Waals surface area contributed by atoms with Crippen molar-refractivity contribution in [3.8, 4) is 11.5 Å². The molecule has 5 nitrogen and oxygen atoms in total. The van der Waals surface area contributed by atoms with E-state index in [1.54, 1.807) is 12.1 Å². The fraction of sp³-hybridized carbons (Fsp3) is 0.0952. The van der Waals surface area contributed by atoms with E-state index >= 15 is 0 Å². The molecule has 0 saturated heterocycles. The molecule has 0 radical (unpaired) electrons. The van der Waals surface area contributed by atoms with Crippen LogP contribution in [-0.4, -0.2) is 11.0 Å². The number of aromatic hydroxyl groups is 1. The van der Waals surface area contributed by atoms with Crippen LogP contribution in [0.15, 0.2) is 72.8 Å². The molecule has 26 heavy (non-hydrogen) atoms. The second-order valence-corrected chi connectivity index (χ2v) is 5.96. The largest absolute Gasteiger partial charge is 0.508 e. The molecule has 3 aromatic rings. The van der Waals surface area contributed by atoms with Gasteiger partial charge in [0, 0.05) is 11.6 Å². The smallest absolute Gasteiger partial charge is 0.254 e. The quantitative estimate of drug-likeness (QED) is 0.452. The number of carbonyl (C=O) groups is 1. The number of rotatable bonds is 7. The van der Waals surface area contributed by atoms with E-state index in [0.29, 0.717) is 24.4 Å². The van der Waals surface area contributed by atoms with Gasteiger partial charge in [-0.25, -0.2) is 0 Å². The van der Waals surface area contributed by atoms with Crippen molar-refractivity contribution in [3.05, 3.63) is 89.5 Å². The van der Waals surface area contributed by atoms with Gasteiger partial charge in [0.1, 0.15) is 35.9 Å². The van der Waals surface area contributed by atoms with Gasteiger partial charge in [-0.05, 0) is 42.0 Å². The summed E-state index contributed by atoms with van der Waals surface area (Å²) in [6.45, 7) is 1.17. The Morgan fingerprint density at radius 3 is 2.38 bits per heavy atom. The molecule has 132 valence electrons. The molecule has 0 saturated carbocycles. The molecule has 0 unspecified atom stereocenters. The van der Waals surface area contributed by atoms with Gasteiger partial charge in [0.25, 0.3) is 5.91 Å². The number of amides is 1. The van der Waals surface area contributed by atoms with E-state index in [2.05, 4.69) is 0 Å². The minimum Gasteiger partial charge on any atom is -0.508 e. The van der Waals surface area contributed by atoms with Crippen LogP contribution >= 0.6 is 0 Å². The van der Waals surface area contributed by atoms with Gasteiger partial charge in [0.15, 0.2) is 0 Å². The van der Waals surface area contributed by atoms with Crippen LogP contribution < -0.4 is 15.8 Å². The van der Waals surface area contributed by atoms with Crippen molar-refractivity contribution in [1.29, 1.82) is 0 Å². The van der Waals surface area contributed by atoms with Crippen LogP contribution in [0.1, 0.15) is 21.5 Å². The highest BCUT2D eigenvalue weighted by Crippen LogP contribution is 2.18. The maximum atomic E-state index is 11.5. The maximum Gasteiger partial charge on any atom is 0.254 e. The summed E-state index contributed by atoms with van der Waals surface area (Å²) in [4.78, 5) is 11.5. The second-order valence-electron chi connectivity index (χ2n) is 5.96. The van der Waals surface area contributed by atoms with Gasteiger partial charge >= 0.3 is 0 Å². The molecule has 0 aromatic heterocycles. The Hall–Kier alpha value is -3.31. The lowest BCUT2D eigenvalue weighted by Crippen LogP contribution is -2.76. The minimum atomic E-state index is -0.559. The van der Waals surface area contributed by atoms with Crippen LogP contribution in [0.4, 0.5) is 5.69 Å². The second kappa shape index (κ2) is 8.18. The van der Waals surface area contributed by atoms with Gasteiger partial charge in [-0.3, -0.25) is 4.79 Å². The first-order valence-electron chi connectivity index (χ1n) is 8.33. The van der Waals surface area contributed by atoms with Crippen LogP contribution in [0.5, 0.6) is 11.5 Å². The van der Waals surface area contributed by atoms with Crippen molar-refractivity contribution >= 4 is 11.6 Å². The van der Waals surface area contributed by atoms with Gasteiger partial charge in [-0.1, -0.05) is 30.3 Å². The standard InChI is InChI=1S/C21H20N2O3/c22-21(25)19-12-17(24)8-11-20(19)23-13-15-6-9-18(10-7-15)26-14-16-4-2-1-3-5-16/h1-12,23-24H,13-14H2,(H2,22,25)/p+1. The third kappa shape index (κ3) is 4.62. The highest BCUT2D eigenvalue weighted by Gasteiger charge is 2.12. The average Bonchev–Trinajstić information content (AvgIpc) is 2.67. The first-order chi connectivity index (χ1) is 12.6. The Bertz CT molecular complexity index is 878. The Labute approximate surface area is 152 Å². The average molecular weight is 349 g/mol. The molecule has 0 atom stereocenters. The summed E-state index contributed by atoms with van der Waals surface area (Å²) in [7, 11) is 0. The third-order valence-electron chi connectivity index (χ3n) is 4.03. The molecule has 5 N–H and O–H groups in total. The number of carbonyl (C=O) groups excluding carboxylic acids is 1. The lowest BCUT2D eigenvalue weighted by Gasteiger charge is -2.08. The summed E-state index contributed by atoms with van der Waals surface area (Å²) in [5.41, 5.74) is 8.59. The van der Waals surface area contributed by atoms with E-state index < -0.39 is 5.91 Å². The zero-order valence-electron chi connectivity index (χ0n) is 14.3. The van der Waals surface area contributed by atoms with Crippen molar-refractivity contribution in [2.45, 2.75) is 13.2 Å². The molecule has 0 spiro atoms. The summed E-state index contributed by atoms with van der Waals surface area (Å²) in [5, 5.41) is 11.4. The molecule has 1 amide bonds. The summed E-state index contributed by atoms with van der Waals surface area (Å²) in [6.07, 6.45) is 0. The predicted molar refractivity (Wildman–Crippen MR) is 99.1 cm³/mol. The van der Waals surface area contributed by atoms with Gasteiger partial charge < -0.3 is 20.9 Å². The number of phenolic OH excluding ortho intramolecular Hbond substituents is 1. The fourth-order valence-electron chi connectivity index (χ4n) is 2.63. The highest BCUT2D eigenvalue weighted by molar-refractivity contribution is 5.97. The molecular formula is C21H21N2O3+. The number of phenols is 1. The minimum absolute atomic E-state index is 0.0240. The predicted octanol–water partition coefficient (Wildman–Crippen LogP) is 2.47. The van der Waals surface area contributed by atoms with Crippen molar-refractivity contribution in [2.75, 3.05) is 0 Å². The lowest BCUT2D eigenvalue weighted by atomic mass is 10.1. The fourth-order valence-corrected chi connectivity index (χ4v) is 2.63. The van der Waals surface area contributed by atoms with E-state index in [-0.39, 0.29) is 5.75 Å². The number of hydrogen-bond donors (Lipinski definition) is 3. The summed E-state index contributed by atoms with van der Waals surface area (Å²) < 4.78 is 5.77. The van der Waals surface area contributed by atoms with Crippen molar-refractivity contribution in [2.24, 2.45) is 5.73 Å². The van der Waals surface area contributed by atoms with Crippen molar-refractivity contribution in [1.82, 2.24) is 0 Å². The van der Waals surface area contributed by atoms with Crippen molar-refractivity contribution < 1.29 is 20.0 Å². The molecule has 0 heterocycles. The molecular weight excluding hydrogens is 328 g/mol. The van der Waals surface area contributed by atoms with Crippen LogP contribution in [0.3, 0.4) is 0 Å². The molecule has 5 heteroatoms. The molecule has 0 aliphatic rings. The van der Waals surface area contributed by atoms with Gasteiger partial charge in [-0.2, -0.15) is 0 Å². The van der Waals surface area contributed by atoms with Crippen LogP contribution in [-0.2, 0) is 13.2 Å². The SMILES string of the molecule is NC(=O)c1cc(O)ccc1[NH2+]Cc1ccc(OCc2ccccc2)cc1. The van der Waals surface area contributed by atoms with E-state index in [9.17, 15) is 9.90 Å². The number of ether oxygens (including phenoxy) is 1. The first kappa shape index (κ1) is 17.5. The van der Waals surface area contributed by atoms with E-state index in [1.165, 1.54) is 6.07 Å². The Balaban J connectivity index is 1.59. The van der Waals surface area contributed by atoms with Gasteiger partial charge in [0.05, 0.1) is 0 Å². The topological polar surface area (TPSA) is 89.2 Å². The number of primary amides is 1. The van der Waals surface area contributed by atoms with E-state index in [0.717, 1.165) is 16.9 Å². The molecule has 3 rings (SSSR count). The third-order valence-corrected chi connectivity index (χ3v) is 4.03. The Kier molecular flexibility index (Phi) is 5.51. The lowest BCUT2D eigenvalue weighted by molar-refractivity contribution is -0.588. The van der Waals surface area contributed by atoms with Gasteiger partial charge in [0.2, 0.25) is 0 Å². The molecule has 0 aliphatic heterocycles. The zero-order chi connectivity index (χ0) is 18.4.